The molecule has 0 amide bonds. The van der Waals surface area contributed by atoms with E-state index in [1.165, 1.54) is 6.20 Å². The van der Waals surface area contributed by atoms with Gasteiger partial charge in [-0.25, -0.2) is 0 Å². The summed E-state index contributed by atoms with van der Waals surface area (Å²) in [5.74, 6) is 0.523. The van der Waals surface area contributed by atoms with E-state index in [1.54, 1.807) is 45.8 Å². The van der Waals surface area contributed by atoms with Gasteiger partial charge in [0.05, 0.1) is 47.7 Å². The number of aromatic nitrogens is 4. The summed E-state index contributed by atoms with van der Waals surface area (Å²) >= 11 is 0. The molecule has 0 aliphatic rings. The smallest absolute Gasteiger partial charge is 0.161 e. The van der Waals surface area contributed by atoms with Crippen LogP contribution in [0.4, 0.5) is 0 Å². The molecule has 0 spiro atoms. The molecular formula is C42H26N4O. The molecule has 0 radical (unpaired) electrons. The second-order valence-corrected chi connectivity index (χ2v) is 11.1. The lowest BCUT2D eigenvalue weighted by molar-refractivity contribution is 0.629. The maximum Gasteiger partial charge on any atom is 0.161 e. The van der Waals surface area contributed by atoms with Gasteiger partial charge in [-0.1, -0.05) is 78.7 Å². The molecule has 0 N–H and O–H groups in total. The van der Waals surface area contributed by atoms with Gasteiger partial charge in [0.1, 0.15) is 11.3 Å². The summed E-state index contributed by atoms with van der Waals surface area (Å²) < 4.78 is 100. The fraction of sp³-hybridized carbons (Fsp3) is 0. The van der Waals surface area contributed by atoms with Crippen molar-refractivity contribution in [3.8, 4) is 34.0 Å². The highest BCUT2D eigenvalue weighted by atomic mass is 16.3. The predicted octanol–water partition coefficient (Wildman–Crippen LogP) is 10.8. The van der Waals surface area contributed by atoms with Crippen molar-refractivity contribution >= 4 is 54.6 Å². The van der Waals surface area contributed by atoms with Gasteiger partial charge in [-0.15, -0.1) is 0 Å². The first-order valence-electron chi connectivity index (χ1n) is 19.9. The number of rotatable bonds is 4. The molecule has 47 heavy (non-hydrogen) atoms. The quantitative estimate of drug-likeness (QED) is 0.199. The third-order valence-corrected chi connectivity index (χ3v) is 8.54. The molecule has 0 bridgehead atoms. The summed E-state index contributed by atoms with van der Waals surface area (Å²) in [6, 6.07) is 19.6. The first-order chi connectivity index (χ1) is 27.5. The van der Waals surface area contributed by atoms with Crippen molar-refractivity contribution < 1.29 is 18.1 Å². The van der Waals surface area contributed by atoms with Crippen LogP contribution in [0.1, 0.15) is 13.7 Å². The SMILES string of the molecule is [2H]c1c([2H])c([2H])c2c(c1[2H])c1c(c([2H])c([2H])c3c4c([2H])c([2H])c([2H])c([2H])c4n(-c4cccnc4)c31)n2-c1cccc(-c2c(-c3ccccn3)oc3ccccc23)c1. The monoisotopic (exact) mass is 612 g/mol. The Labute approximate surface area is 283 Å². The van der Waals surface area contributed by atoms with Gasteiger partial charge in [-0.2, -0.15) is 0 Å². The Morgan fingerprint density at radius 1 is 0.596 bits per heavy atom. The Hall–Kier alpha value is -6.46. The zero-order valence-corrected chi connectivity index (χ0v) is 24.4. The van der Waals surface area contributed by atoms with Crippen LogP contribution >= 0.6 is 0 Å². The number of nitrogens with zero attached hydrogens (tertiary/aromatic N) is 4. The molecule has 5 aromatic heterocycles. The molecule has 220 valence electrons. The van der Waals surface area contributed by atoms with E-state index in [4.69, 9.17) is 12.6 Å². The van der Waals surface area contributed by atoms with Gasteiger partial charge in [0, 0.05) is 50.6 Å². The second-order valence-electron chi connectivity index (χ2n) is 11.1. The van der Waals surface area contributed by atoms with Crippen LogP contribution in [0.2, 0.25) is 0 Å². The van der Waals surface area contributed by atoms with Crippen molar-refractivity contribution in [1.29, 1.82) is 0 Å². The van der Waals surface area contributed by atoms with E-state index < -0.39 is 30.2 Å². The van der Waals surface area contributed by atoms with E-state index in [0.717, 1.165) is 10.9 Å². The number of fused-ring (bicyclic) bond motifs is 8. The van der Waals surface area contributed by atoms with Crippen LogP contribution in [0.25, 0.3) is 88.5 Å². The van der Waals surface area contributed by atoms with Gasteiger partial charge in [0.2, 0.25) is 0 Å². The van der Waals surface area contributed by atoms with Crippen LogP contribution < -0.4 is 0 Å². The Morgan fingerprint density at radius 2 is 1.40 bits per heavy atom. The van der Waals surface area contributed by atoms with Gasteiger partial charge >= 0.3 is 0 Å². The van der Waals surface area contributed by atoms with Gasteiger partial charge in [0.15, 0.2) is 5.76 Å². The number of pyridine rings is 2. The van der Waals surface area contributed by atoms with Crippen molar-refractivity contribution in [2.75, 3.05) is 0 Å². The Balaban J connectivity index is 1.43. The van der Waals surface area contributed by atoms with Crippen LogP contribution in [-0.2, 0) is 0 Å². The summed E-state index contributed by atoms with van der Waals surface area (Å²) in [5, 5.41) is 1.11. The van der Waals surface area contributed by atoms with Crippen molar-refractivity contribution in [3.63, 3.8) is 0 Å². The number of benzene rings is 5. The molecule has 5 heterocycles. The molecule has 0 unspecified atom stereocenters. The average molecular weight is 613 g/mol. The fourth-order valence-electron chi connectivity index (χ4n) is 6.63. The lowest BCUT2D eigenvalue weighted by Crippen LogP contribution is -1.96. The largest absolute Gasteiger partial charge is 0.454 e. The minimum atomic E-state index is -0.512. The lowest BCUT2D eigenvalue weighted by atomic mass is 10.00. The summed E-state index contributed by atoms with van der Waals surface area (Å²) in [5.41, 5.74) is 3.86. The van der Waals surface area contributed by atoms with E-state index in [9.17, 15) is 5.48 Å². The maximum absolute atomic E-state index is 9.64. The average Bonchev–Trinajstić information content (AvgIpc) is 3.92. The predicted molar refractivity (Wildman–Crippen MR) is 191 cm³/mol. The summed E-state index contributed by atoms with van der Waals surface area (Å²) in [4.78, 5) is 8.85. The molecule has 10 rings (SSSR count). The van der Waals surface area contributed by atoms with E-state index in [-0.39, 0.29) is 73.8 Å². The number of hydrogen-bond donors (Lipinski definition) is 0. The van der Waals surface area contributed by atoms with E-state index in [2.05, 4.69) is 9.97 Å². The van der Waals surface area contributed by atoms with Gasteiger partial charge in [-0.3, -0.25) is 9.97 Å². The molecule has 0 atom stereocenters. The number of furan rings is 1. The van der Waals surface area contributed by atoms with Crippen molar-refractivity contribution in [3.05, 3.63) is 158 Å². The second kappa shape index (κ2) is 10.0. The van der Waals surface area contributed by atoms with Crippen LogP contribution in [-0.4, -0.2) is 19.1 Å². The Morgan fingerprint density at radius 3 is 2.26 bits per heavy atom. The molecule has 0 fully saturated rings. The summed E-state index contributed by atoms with van der Waals surface area (Å²) in [7, 11) is 0. The molecule has 5 nitrogen and oxygen atoms in total. The Bertz CT molecular complexity index is 3360. The van der Waals surface area contributed by atoms with Gasteiger partial charge in [-0.05, 0) is 66.2 Å². The lowest BCUT2D eigenvalue weighted by Gasteiger charge is -2.11. The first kappa shape index (κ1) is 17.9. The third-order valence-electron chi connectivity index (χ3n) is 8.54. The van der Waals surface area contributed by atoms with E-state index in [1.807, 2.05) is 54.6 Å². The highest BCUT2D eigenvalue weighted by molar-refractivity contribution is 6.26. The molecule has 0 saturated carbocycles. The van der Waals surface area contributed by atoms with Crippen molar-refractivity contribution in [2.24, 2.45) is 0 Å². The van der Waals surface area contributed by atoms with Crippen molar-refractivity contribution in [1.82, 2.24) is 19.1 Å². The standard InChI is InChI=1S/C42H26N4O/c1-4-18-35-30(14-1)31-21-22-37-40(41(31)46(35)29-13-10-23-43-26-29)32-15-2-5-19-36(32)45(37)28-12-9-11-27(25-28)39-33-16-3-6-20-38(33)47-42(39)34-17-7-8-24-44-34/h1-26H/i1D,2D,4D,5D,14D,15D,18D,19D,21D,22D. The normalized spacial score (nSPS) is 14.8. The fourth-order valence-corrected chi connectivity index (χ4v) is 6.63. The van der Waals surface area contributed by atoms with Gasteiger partial charge in [0.25, 0.3) is 0 Å². The molecule has 10 aromatic rings. The highest BCUT2D eigenvalue weighted by Gasteiger charge is 2.22. The third kappa shape index (κ3) is 3.77. The molecule has 5 aromatic carbocycles. The zero-order valence-electron chi connectivity index (χ0n) is 34.4. The molecular weight excluding hydrogens is 576 g/mol. The van der Waals surface area contributed by atoms with Crippen LogP contribution in [0.15, 0.2) is 162 Å². The minimum absolute atomic E-state index is 0.0119. The topological polar surface area (TPSA) is 48.8 Å². The van der Waals surface area contributed by atoms with Crippen LogP contribution in [0.3, 0.4) is 0 Å². The summed E-state index contributed by atoms with van der Waals surface area (Å²) in [6.45, 7) is 0. The molecule has 0 aliphatic heterocycles. The van der Waals surface area contributed by atoms with E-state index in [0.29, 0.717) is 34.0 Å². The van der Waals surface area contributed by atoms with Crippen molar-refractivity contribution in [2.45, 2.75) is 0 Å². The Kier molecular flexibility index (Phi) is 3.81. The molecule has 5 heteroatoms. The van der Waals surface area contributed by atoms with Crippen LogP contribution in [0, 0.1) is 0 Å². The summed E-state index contributed by atoms with van der Waals surface area (Å²) in [6.07, 6.45) is 4.74. The zero-order chi connectivity index (χ0) is 39.6. The van der Waals surface area contributed by atoms with Crippen LogP contribution in [0.5, 0.6) is 0 Å². The highest BCUT2D eigenvalue weighted by Crippen LogP contribution is 2.44. The minimum Gasteiger partial charge on any atom is -0.454 e. The first-order valence-corrected chi connectivity index (χ1v) is 14.9. The van der Waals surface area contributed by atoms with E-state index >= 15 is 0 Å². The molecule has 0 saturated heterocycles. The maximum atomic E-state index is 9.64. The molecule has 0 aliphatic carbocycles. The number of para-hydroxylation sites is 3. The number of hydrogen-bond acceptors (Lipinski definition) is 3. The van der Waals surface area contributed by atoms with Gasteiger partial charge < -0.3 is 13.6 Å².